The fraction of sp³-hybridized carbons (Fsp3) is 0.280. The number of hydrogen-bond acceptors (Lipinski definition) is 7. The van der Waals surface area contributed by atoms with E-state index in [1.54, 1.807) is 30.5 Å². The molecular weight excluding hydrogens is 507 g/mol. The van der Waals surface area contributed by atoms with Crippen LogP contribution in [0.5, 0.6) is 5.75 Å². The Morgan fingerprint density at radius 1 is 1.25 bits per heavy atom. The van der Waals surface area contributed by atoms with Crippen molar-refractivity contribution in [1.29, 1.82) is 0 Å². The first-order valence-electron chi connectivity index (χ1n) is 11.3. The number of aromatic hydroxyl groups is 1. The van der Waals surface area contributed by atoms with Gasteiger partial charge >= 0.3 is 5.97 Å². The number of phenolic OH excluding ortho intramolecular Hbond substituents is 1. The van der Waals surface area contributed by atoms with Crippen molar-refractivity contribution in [1.82, 2.24) is 10.2 Å². The Balaban J connectivity index is 1.42. The summed E-state index contributed by atoms with van der Waals surface area (Å²) in [6.45, 7) is 0.958. The molecule has 2 aliphatic heterocycles. The van der Waals surface area contributed by atoms with Crippen LogP contribution in [0.2, 0.25) is 10.0 Å². The van der Waals surface area contributed by atoms with E-state index in [-0.39, 0.29) is 29.7 Å². The normalized spacial score (nSPS) is 19.6. The molecule has 2 heterocycles. The summed E-state index contributed by atoms with van der Waals surface area (Å²) in [7, 11) is 0. The molecule has 1 fully saturated rings. The fourth-order valence-electron chi connectivity index (χ4n) is 4.07. The van der Waals surface area contributed by atoms with Gasteiger partial charge in [0.05, 0.1) is 16.5 Å². The second-order valence-corrected chi connectivity index (χ2v) is 9.46. The standard InChI is InChI=1S/C25H24Cl2N4O5/c26-16-5-8-18(19(27)11-16)24-30-21(25(35)36-24)13-31-9-1-2-15(12-31)23(34)29-20(22(28)33)10-14-3-6-17(32)7-4-14/h3-8,11,13,15,20,32H,1-2,9-10,12H2,(H2,28,33)(H,29,34)/b21-13-/t15?,20-/m0/s1. The van der Waals surface area contributed by atoms with Crippen LogP contribution in [0.1, 0.15) is 24.0 Å². The third kappa shape index (κ3) is 6.16. The number of ether oxygens (including phenoxy) is 1. The Hall–Kier alpha value is -3.56. The highest BCUT2D eigenvalue weighted by Gasteiger charge is 2.30. The summed E-state index contributed by atoms with van der Waals surface area (Å²) in [5, 5.41) is 12.9. The van der Waals surface area contributed by atoms with E-state index in [9.17, 15) is 19.5 Å². The third-order valence-corrected chi connectivity index (χ3v) is 6.49. The van der Waals surface area contributed by atoms with Gasteiger partial charge in [-0.3, -0.25) is 9.59 Å². The number of nitrogens with two attached hydrogens (primary N) is 1. The van der Waals surface area contributed by atoms with Gasteiger partial charge < -0.3 is 25.8 Å². The van der Waals surface area contributed by atoms with Crippen molar-refractivity contribution in [2.45, 2.75) is 25.3 Å². The smallest absolute Gasteiger partial charge is 0.365 e. The van der Waals surface area contributed by atoms with Crippen molar-refractivity contribution < 1.29 is 24.2 Å². The summed E-state index contributed by atoms with van der Waals surface area (Å²) in [5.74, 6) is -1.80. The zero-order valence-corrected chi connectivity index (χ0v) is 20.6. The lowest BCUT2D eigenvalue weighted by molar-refractivity contribution is -0.130. The van der Waals surface area contributed by atoms with Crippen molar-refractivity contribution in [3.05, 3.63) is 75.5 Å². The first kappa shape index (κ1) is 25.5. The van der Waals surface area contributed by atoms with Crippen LogP contribution in [-0.4, -0.2) is 52.8 Å². The van der Waals surface area contributed by atoms with E-state index in [1.807, 2.05) is 4.90 Å². The predicted octanol–water partition coefficient (Wildman–Crippen LogP) is 2.77. The number of halogens is 2. The van der Waals surface area contributed by atoms with E-state index in [4.69, 9.17) is 33.7 Å². The molecule has 4 N–H and O–H groups in total. The Labute approximate surface area is 217 Å². The third-order valence-electron chi connectivity index (χ3n) is 5.95. The maximum atomic E-state index is 13.0. The maximum absolute atomic E-state index is 13.0. The quantitative estimate of drug-likeness (QED) is 0.372. The molecule has 2 amide bonds. The summed E-state index contributed by atoms with van der Waals surface area (Å²) in [5.41, 5.74) is 6.81. The molecule has 2 aromatic rings. The Morgan fingerprint density at radius 3 is 2.69 bits per heavy atom. The summed E-state index contributed by atoms with van der Waals surface area (Å²) in [4.78, 5) is 43.4. The minimum absolute atomic E-state index is 0.0812. The second-order valence-electron chi connectivity index (χ2n) is 8.61. The molecular formula is C25H24Cl2N4O5. The molecule has 0 aromatic heterocycles. The van der Waals surface area contributed by atoms with Gasteiger partial charge in [0.25, 0.3) is 0 Å². The molecule has 1 unspecified atom stereocenters. The van der Waals surface area contributed by atoms with Crippen LogP contribution in [-0.2, 0) is 25.5 Å². The second kappa shape index (κ2) is 11.0. The average Bonchev–Trinajstić information content (AvgIpc) is 3.19. The zero-order valence-electron chi connectivity index (χ0n) is 19.1. The summed E-state index contributed by atoms with van der Waals surface area (Å²) >= 11 is 12.1. The fourth-order valence-corrected chi connectivity index (χ4v) is 4.56. The van der Waals surface area contributed by atoms with Crippen molar-refractivity contribution in [2.24, 2.45) is 16.6 Å². The lowest BCUT2D eigenvalue weighted by Crippen LogP contribution is -2.50. The molecule has 2 aromatic carbocycles. The number of esters is 1. The van der Waals surface area contributed by atoms with E-state index in [0.29, 0.717) is 41.5 Å². The van der Waals surface area contributed by atoms with Crippen molar-refractivity contribution in [2.75, 3.05) is 13.1 Å². The Morgan fingerprint density at radius 2 is 2.00 bits per heavy atom. The van der Waals surface area contributed by atoms with Gasteiger partial charge in [-0.15, -0.1) is 0 Å². The lowest BCUT2D eigenvalue weighted by atomic mass is 9.96. The topological polar surface area (TPSA) is 134 Å². The number of rotatable bonds is 7. The van der Waals surface area contributed by atoms with Gasteiger partial charge in [-0.1, -0.05) is 35.3 Å². The molecule has 2 aliphatic rings. The van der Waals surface area contributed by atoms with E-state index >= 15 is 0 Å². The molecule has 0 spiro atoms. The Bertz CT molecular complexity index is 1250. The number of phenols is 1. The molecule has 0 radical (unpaired) electrons. The van der Waals surface area contributed by atoms with Crippen LogP contribution in [0.3, 0.4) is 0 Å². The number of nitrogens with zero attached hydrogens (tertiary/aromatic N) is 2. The highest BCUT2D eigenvalue weighted by Crippen LogP contribution is 2.26. The van der Waals surface area contributed by atoms with Crippen LogP contribution in [0, 0.1) is 5.92 Å². The van der Waals surface area contributed by atoms with Crippen molar-refractivity contribution in [3.63, 3.8) is 0 Å². The van der Waals surface area contributed by atoms with Gasteiger partial charge in [0.1, 0.15) is 11.8 Å². The number of cyclic esters (lactones) is 1. The van der Waals surface area contributed by atoms with Gasteiger partial charge in [0.15, 0.2) is 5.70 Å². The van der Waals surface area contributed by atoms with E-state index in [2.05, 4.69) is 10.3 Å². The monoisotopic (exact) mass is 530 g/mol. The molecule has 188 valence electrons. The number of likely N-dealkylation sites (tertiary alicyclic amines) is 1. The van der Waals surface area contributed by atoms with Crippen LogP contribution in [0.25, 0.3) is 0 Å². The number of piperidine rings is 1. The molecule has 0 bridgehead atoms. The molecule has 11 heteroatoms. The summed E-state index contributed by atoms with van der Waals surface area (Å²) in [6.07, 6.45) is 3.10. The van der Waals surface area contributed by atoms with Crippen LogP contribution in [0.15, 0.2) is 59.4 Å². The molecule has 9 nitrogen and oxygen atoms in total. The number of benzene rings is 2. The van der Waals surface area contributed by atoms with Gasteiger partial charge in [-0.05, 0) is 48.7 Å². The first-order valence-corrected chi connectivity index (χ1v) is 12.0. The first-order chi connectivity index (χ1) is 17.2. The molecule has 36 heavy (non-hydrogen) atoms. The lowest BCUT2D eigenvalue weighted by Gasteiger charge is -2.31. The number of hydrogen-bond donors (Lipinski definition) is 3. The number of carbonyl (C=O) groups excluding carboxylic acids is 3. The van der Waals surface area contributed by atoms with E-state index in [0.717, 1.165) is 5.56 Å². The summed E-state index contributed by atoms with van der Waals surface area (Å²) in [6, 6.07) is 10.2. The van der Waals surface area contributed by atoms with Crippen LogP contribution >= 0.6 is 23.2 Å². The molecule has 4 rings (SSSR count). The predicted molar refractivity (Wildman–Crippen MR) is 134 cm³/mol. The largest absolute Gasteiger partial charge is 0.508 e. The molecule has 1 saturated heterocycles. The highest BCUT2D eigenvalue weighted by molar-refractivity contribution is 6.37. The maximum Gasteiger partial charge on any atom is 0.365 e. The number of amides is 2. The van der Waals surface area contributed by atoms with E-state index in [1.165, 1.54) is 18.2 Å². The molecule has 0 saturated carbocycles. The average molecular weight is 531 g/mol. The minimum Gasteiger partial charge on any atom is -0.508 e. The van der Waals surface area contributed by atoms with Crippen molar-refractivity contribution in [3.8, 4) is 5.75 Å². The van der Waals surface area contributed by atoms with Crippen LogP contribution in [0.4, 0.5) is 0 Å². The minimum atomic E-state index is -0.892. The molecule has 2 atom stereocenters. The van der Waals surface area contributed by atoms with Gasteiger partial charge in [0.2, 0.25) is 17.7 Å². The highest BCUT2D eigenvalue weighted by atomic mass is 35.5. The summed E-state index contributed by atoms with van der Waals surface area (Å²) < 4.78 is 5.28. The van der Waals surface area contributed by atoms with Crippen LogP contribution < -0.4 is 11.1 Å². The number of carbonyl (C=O) groups is 3. The number of primary amides is 1. The SMILES string of the molecule is NC(=O)[C@H](Cc1ccc(O)cc1)NC(=O)C1CCCN(/C=C2\N=C(c3ccc(Cl)cc3Cl)OC2=O)C1. The number of aliphatic imine (C=N–C) groups is 1. The number of nitrogens with one attached hydrogen (secondary N) is 1. The Kier molecular flexibility index (Phi) is 7.81. The van der Waals surface area contributed by atoms with Gasteiger partial charge in [-0.2, -0.15) is 0 Å². The zero-order chi connectivity index (χ0) is 25.8. The van der Waals surface area contributed by atoms with Crippen molar-refractivity contribution >= 4 is 46.9 Å². The van der Waals surface area contributed by atoms with E-state index < -0.39 is 23.8 Å². The molecule has 0 aliphatic carbocycles. The van der Waals surface area contributed by atoms with Gasteiger partial charge in [0, 0.05) is 30.7 Å². The van der Waals surface area contributed by atoms with Gasteiger partial charge in [-0.25, -0.2) is 9.79 Å².